The minimum absolute atomic E-state index is 0.737. The molecule has 0 bridgehead atoms. The molecule has 20 heavy (non-hydrogen) atoms. The van der Waals surface area contributed by atoms with Crippen molar-refractivity contribution in [1.82, 2.24) is 15.2 Å². The Balaban J connectivity index is 1.85. The average Bonchev–Trinajstić information content (AvgIpc) is 2.92. The Labute approximate surface area is 123 Å². The maximum absolute atomic E-state index is 6.04. The van der Waals surface area contributed by atoms with Gasteiger partial charge in [0.05, 0.1) is 12.4 Å². The fourth-order valence-electron chi connectivity index (χ4n) is 2.38. The monoisotopic (exact) mass is 285 g/mol. The molecule has 1 aromatic heterocycles. The second kappa shape index (κ2) is 5.55. The predicted molar refractivity (Wildman–Crippen MR) is 82.1 cm³/mol. The van der Waals surface area contributed by atoms with Crippen LogP contribution >= 0.6 is 11.6 Å². The average molecular weight is 286 g/mol. The molecule has 2 aromatic rings. The molecule has 0 saturated carbocycles. The van der Waals surface area contributed by atoms with Crippen molar-refractivity contribution in [3.8, 4) is 11.3 Å². The van der Waals surface area contributed by atoms with Crippen molar-refractivity contribution in [2.75, 3.05) is 6.67 Å². The van der Waals surface area contributed by atoms with Crippen LogP contribution in [0.4, 0.5) is 0 Å². The summed E-state index contributed by atoms with van der Waals surface area (Å²) >= 11 is 6.04. The van der Waals surface area contributed by atoms with Crippen molar-refractivity contribution in [3.05, 3.63) is 65.1 Å². The zero-order valence-electron chi connectivity index (χ0n) is 11.3. The number of aromatic nitrogens is 1. The molecule has 0 spiro atoms. The normalized spacial score (nSPS) is 13.6. The number of rotatable bonds is 3. The lowest BCUT2D eigenvalue weighted by Gasteiger charge is -2.15. The van der Waals surface area contributed by atoms with E-state index in [9.17, 15) is 0 Å². The third-order valence-electron chi connectivity index (χ3n) is 3.32. The minimum atomic E-state index is 0.737. The molecule has 3 nitrogen and oxygen atoms in total. The van der Waals surface area contributed by atoms with E-state index >= 15 is 0 Å². The molecule has 1 N–H and O–H groups in total. The second-order valence-electron chi connectivity index (χ2n) is 4.94. The van der Waals surface area contributed by atoms with E-state index in [2.05, 4.69) is 34.4 Å². The first kappa shape index (κ1) is 13.0. The molecule has 1 aliphatic rings. The summed E-state index contributed by atoms with van der Waals surface area (Å²) in [6.07, 6.45) is 5.95. The van der Waals surface area contributed by atoms with Crippen LogP contribution in [-0.4, -0.2) is 16.6 Å². The molecule has 0 aliphatic carbocycles. The van der Waals surface area contributed by atoms with Gasteiger partial charge in [0.25, 0.3) is 0 Å². The molecule has 1 aromatic carbocycles. The summed E-state index contributed by atoms with van der Waals surface area (Å²) in [5.74, 6) is 0. The highest BCUT2D eigenvalue weighted by Crippen LogP contribution is 2.24. The lowest BCUT2D eigenvalue weighted by Crippen LogP contribution is -2.20. The molecule has 4 heteroatoms. The van der Waals surface area contributed by atoms with E-state index in [-0.39, 0.29) is 0 Å². The van der Waals surface area contributed by atoms with Crippen molar-refractivity contribution in [3.63, 3.8) is 0 Å². The zero-order chi connectivity index (χ0) is 13.9. The van der Waals surface area contributed by atoms with Crippen LogP contribution in [0.5, 0.6) is 0 Å². The number of nitrogens with zero attached hydrogens (tertiary/aromatic N) is 2. The number of halogens is 1. The van der Waals surface area contributed by atoms with E-state index < -0.39 is 0 Å². The molecule has 1 aliphatic heterocycles. The Hall–Kier alpha value is -2.00. The fourth-order valence-corrected chi connectivity index (χ4v) is 2.57. The summed E-state index contributed by atoms with van der Waals surface area (Å²) in [7, 11) is 0. The van der Waals surface area contributed by atoms with Gasteiger partial charge in [0.1, 0.15) is 0 Å². The Morgan fingerprint density at radius 1 is 1.35 bits per heavy atom. The van der Waals surface area contributed by atoms with Gasteiger partial charge in [0.15, 0.2) is 0 Å². The highest BCUT2D eigenvalue weighted by atomic mass is 35.5. The maximum atomic E-state index is 6.04. The summed E-state index contributed by atoms with van der Waals surface area (Å²) in [5.41, 5.74) is 4.43. The number of hydrogen-bond acceptors (Lipinski definition) is 3. The van der Waals surface area contributed by atoms with Crippen molar-refractivity contribution < 1.29 is 0 Å². The Morgan fingerprint density at radius 2 is 2.25 bits per heavy atom. The summed E-state index contributed by atoms with van der Waals surface area (Å²) in [6.45, 7) is 3.81. The number of hydrogen-bond donors (Lipinski definition) is 1. The van der Waals surface area contributed by atoms with E-state index in [1.165, 1.54) is 11.1 Å². The maximum Gasteiger partial charge on any atom is 0.0870 e. The van der Waals surface area contributed by atoms with E-state index in [0.717, 1.165) is 29.5 Å². The van der Waals surface area contributed by atoms with E-state index in [1.807, 2.05) is 36.7 Å². The van der Waals surface area contributed by atoms with E-state index in [0.29, 0.717) is 0 Å². The predicted octanol–water partition coefficient (Wildman–Crippen LogP) is 3.54. The van der Waals surface area contributed by atoms with Crippen LogP contribution in [0.3, 0.4) is 0 Å². The van der Waals surface area contributed by atoms with Gasteiger partial charge in [-0.05, 0) is 30.2 Å². The fraction of sp³-hybridized carbons (Fsp3) is 0.188. The highest BCUT2D eigenvalue weighted by molar-refractivity contribution is 6.30. The van der Waals surface area contributed by atoms with Gasteiger partial charge in [-0.2, -0.15) is 0 Å². The SMILES string of the molecule is Cc1cc(CN2C=CNC2)cnc1-c1cccc(Cl)c1. The van der Waals surface area contributed by atoms with Gasteiger partial charge in [-0.1, -0.05) is 29.8 Å². The largest absolute Gasteiger partial charge is 0.373 e. The van der Waals surface area contributed by atoms with Crippen LogP contribution in [0.15, 0.2) is 48.9 Å². The van der Waals surface area contributed by atoms with Crippen molar-refractivity contribution in [2.24, 2.45) is 0 Å². The minimum Gasteiger partial charge on any atom is -0.373 e. The summed E-state index contributed by atoms with van der Waals surface area (Å²) in [6, 6.07) is 10.0. The second-order valence-corrected chi connectivity index (χ2v) is 5.38. The Bertz CT molecular complexity index is 652. The van der Waals surface area contributed by atoms with Gasteiger partial charge in [0.2, 0.25) is 0 Å². The topological polar surface area (TPSA) is 28.2 Å². The molecule has 0 fully saturated rings. The lowest BCUT2D eigenvalue weighted by molar-refractivity contribution is 0.384. The van der Waals surface area contributed by atoms with Crippen molar-refractivity contribution >= 4 is 11.6 Å². The quantitative estimate of drug-likeness (QED) is 0.935. The molecule has 0 radical (unpaired) electrons. The molecular formula is C16H16ClN3. The summed E-state index contributed by atoms with van der Waals surface area (Å²) in [4.78, 5) is 6.81. The van der Waals surface area contributed by atoms with Crippen molar-refractivity contribution in [2.45, 2.75) is 13.5 Å². The van der Waals surface area contributed by atoms with Gasteiger partial charge in [-0.3, -0.25) is 4.98 Å². The van der Waals surface area contributed by atoms with Gasteiger partial charge in [-0.15, -0.1) is 0 Å². The van der Waals surface area contributed by atoms with Crippen LogP contribution in [0.25, 0.3) is 11.3 Å². The Kier molecular flexibility index (Phi) is 3.61. The smallest absolute Gasteiger partial charge is 0.0870 e. The molecule has 0 amide bonds. The van der Waals surface area contributed by atoms with Crippen LogP contribution in [-0.2, 0) is 6.54 Å². The summed E-state index contributed by atoms with van der Waals surface area (Å²) < 4.78 is 0. The van der Waals surface area contributed by atoms with Crippen LogP contribution in [0.1, 0.15) is 11.1 Å². The van der Waals surface area contributed by atoms with E-state index in [1.54, 1.807) is 0 Å². The third kappa shape index (κ3) is 2.78. The van der Waals surface area contributed by atoms with Gasteiger partial charge < -0.3 is 10.2 Å². The zero-order valence-corrected chi connectivity index (χ0v) is 12.1. The lowest BCUT2D eigenvalue weighted by atomic mass is 10.1. The van der Waals surface area contributed by atoms with Crippen LogP contribution < -0.4 is 5.32 Å². The van der Waals surface area contributed by atoms with Crippen LogP contribution in [0, 0.1) is 6.92 Å². The third-order valence-corrected chi connectivity index (χ3v) is 3.55. The molecule has 0 saturated heterocycles. The Morgan fingerprint density at radius 3 is 2.95 bits per heavy atom. The molecule has 2 heterocycles. The van der Waals surface area contributed by atoms with Gasteiger partial charge in [0, 0.05) is 35.7 Å². The number of nitrogens with one attached hydrogen (secondary N) is 1. The number of pyridine rings is 1. The van der Waals surface area contributed by atoms with E-state index in [4.69, 9.17) is 11.6 Å². The first-order valence-corrected chi connectivity index (χ1v) is 6.96. The van der Waals surface area contributed by atoms with Crippen LogP contribution in [0.2, 0.25) is 5.02 Å². The number of aryl methyl sites for hydroxylation is 1. The molecular weight excluding hydrogens is 270 g/mol. The first-order chi connectivity index (χ1) is 9.72. The van der Waals surface area contributed by atoms with Crippen molar-refractivity contribution in [1.29, 1.82) is 0 Å². The standard InChI is InChI=1S/C16H16ClN3/c1-12-7-13(10-20-6-5-18-11-20)9-19-16(12)14-3-2-4-15(17)8-14/h2-9,18H,10-11H2,1H3. The molecule has 102 valence electrons. The highest BCUT2D eigenvalue weighted by Gasteiger charge is 2.08. The number of benzene rings is 1. The van der Waals surface area contributed by atoms with Gasteiger partial charge in [-0.25, -0.2) is 0 Å². The molecule has 3 rings (SSSR count). The molecule has 0 atom stereocenters. The summed E-state index contributed by atoms with van der Waals surface area (Å²) in [5, 5.41) is 3.90. The first-order valence-electron chi connectivity index (χ1n) is 6.58. The molecule has 0 unspecified atom stereocenters. The van der Waals surface area contributed by atoms with Gasteiger partial charge >= 0.3 is 0 Å².